The number of quaternary nitrogens is 1. The molecule has 0 aliphatic carbocycles. The fourth-order valence-electron chi connectivity index (χ4n) is 4.47. The molecular formula is C26H30N2O6. The molecule has 180 valence electrons. The molecule has 2 aliphatic heterocycles. The second-order valence-electron chi connectivity index (χ2n) is 8.32. The van der Waals surface area contributed by atoms with Crippen molar-refractivity contribution in [1.82, 2.24) is 4.90 Å². The smallest absolute Gasteiger partial charge is 0.295 e. The number of methoxy groups -OCH3 is 1. The van der Waals surface area contributed by atoms with E-state index < -0.39 is 23.5 Å². The molecular weight excluding hydrogens is 436 g/mol. The molecule has 2 aromatic carbocycles. The first-order valence-corrected chi connectivity index (χ1v) is 11.6. The first-order valence-electron chi connectivity index (χ1n) is 11.6. The maximum atomic E-state index is 13.5. The topological polar surface area (TPSA) is 92.6 Å². The molecule has 0 aromatic heterocycles. The van der Waals surface area contributed by atoms with E-state index in [9.17, 15) is 14.7 Å². The number of nitrogens with zero attached hydrogens (tertiary/aromatic N) is 1. The minimum atomic E-state index is -0.769. The van der Waals surface area contributed by atoms with Crippen molar-refractivity contribution in [3.05, 3.63) is 65.2 Å². The third-order valence-electron chi connectivity index (χ3n) is 6.27. The molecule has 2 aliphatic rings. The van der Waals surface area contributed by atoms with E-state index in [4.69, 9.17) is 14.2 Å². The van der Waals surface area contributed by atoms with Crippen molar-refractivity contribution in [2.45, 2.75) is 13.0 Å². The van der Waals surface area contributed by atoms with Crippen LogP contribution in [-0.2, 0) is 14.3 Å². The van der Waals surface area contributed by atoms with Gasteiger partial charge in [-0.2, -0.15) is 0 Å². The van der Waals surface area contributed by atoms with Gasteiger partial charge in [0, 0.05) is 5.57 Å². The lowest BCUT2D eigenvalue weighted by Gasteiger charge is -2.30. The Kier molecular flexibility index (Phi) is 7.49. The van der Waals surface area contributed by atoms with Crippen molar-refractivity contribution in [1.29, 1.82) is 0 Å². The standard InChI is InChI=1S/C26H30N2O6/c1-3-34-20-9-7-18(8-10-20)24(29)22-23(19-5-4-6-21(17-19)32-2)28(26(31)25(22)30)12-11-27-13-15-33-16-14-27/h4-10,17,23,29H,3,11-16H2,1-2H3. The highest BCUT2D eigenvalue weighted by Gasteiger charge is 2.44. The fourth-order valence-corrected chi connectivity index (χ4v) is 4.47. The number of amides is 1. The predicted octanol–water partition coefficient (Wildman–Crippen LogP) is 0.233. The van der Waals surface area contributed by atoms with Gasteiger partial charge >= 0.3 is 0 Å². The van der Waals surface area contributed by atoms with Crippen molar-refractivity contribution in [3.8, 4) is 11.5 Å². The minimum absolute atomic E-state index is 0.0283. The summed E-state index contributed by atoms with van der Waals surface area (Å²) in [5.74, 6) is -0.609. The molecule has 8 heteroatoms. The molecule has 2 saturated heterocycles. The number of carbonyl (C=O) groups excluding carboxylic acids is 2. The highest BCUT2D eigenvalue weighted by molar-refractivity contribution is 6.46. The second-order valence-corrected chi connectivity index (χ2v) is 8.32. The highest BCUT2D eigenvalue weighted by atomic mass is 16.5. The van der Waals surface area contributed by atoms with Crippen LogP contribution in [0.1, 0.15) is 24.1 Å². The molecule has 1 atom stereocenters. The number of hydrogen-bond acceptors (Lipinski definition) is 6. The number of likely N-dealkylation sites (tertiary alicyclic amines) is 1. The maximum Gasteiger partial charge on any atom is 0.295 e. The lowest BCUT2D eigenvalue weighted by molar-refractivity contribution is -0.907. The number of ether oxygens (including phenoxy) is 3. The molecule has 4 rings (SSSR count). The van der Waals surface area contributed by atoms with E-state index in [0.717, 1.165) is 13.1 Å². The van der Waals surface area contributed by atoms with Crippen LogP contribution in [0.15, 0.2) is 54.1 Å². The Labute approximate surface area is 199 Å². The summed E-state index contributed by atoms with van der Waals surface area (Å²) in [7, 11) is 1.55. The molecule has 1 amide bonds. The van der Waals surface area contributed by atoms with Crippen LogP contribution in [-0.4, -0.2) is 69.7 Å². The van der Waals surface area contributed by atoms with E-state index in [0.29, 0.717) is 55.5 Å². The van der Waals surface area contributed by atoms with Gasteiger partial charge in [-0.25, -0.2) is 0 Å². The number of benzene rings is 2. The second kappa shape index (κ2) is 10.7. The lowest BCUT2D eigenvalue weighted by Crippen LogP contribution is -3.14. The van der Waals surface area contributed by atoms with Crippen molar-refractivity contribution >= 4 is 17.4 Å². The molecule has 1 unspecified atom stereocenters. The molecule has 8 nitrogen and oxygen atoms in total. The van der Waals surface area contributed by atoms with E-state index in [1.54, 1.807) is 49.6 Å². The molecule has 2 aromatic rings. The number of ketones is 1. The lowest BCUT2D eigenvalue weighted by atomic mass is 9.95. The first-order chi connectivity index (χ1) is 16.5. The third kappa shape index (κ3) is 4.93. The minimum Gasteiger partial charge on any atom is -0.872 e. The van der Waals surface area contributed by atoms with Gasteiger partial charge in [-0.3, -0.25) is 9.59 Å². The van der Waals surface area contributed by atoms with Gasteiger partial charge in [0.25, 0.3) is 5.91 Å². The number of rotatable bonds is 8. The normalized spacial score (nSPS) is 20.5. The maximum absolute atomic E-state index is 13.5. The quantitative estimate of drug-likeness (QED) is 0.340. The molecule has 2 fully saturated rings. The summed E-state index contributed by atoms with van der Waals surface area (Å²) in [6, 6.07) is 13.1. The summed E-state index contributed by atoms with van der Waals surface area (Å²) in [5, 5.41) is 13.5. The third-order valence-corrected chi connectivity index (χ3v) is 6.27. The average molecular weight is 467 g/mol. The number of hydrogen-bond donors (Lipinski definition) is 1. The molecule has 2 heterocycles. The van der Waals surface area contributed by atoms with E-state index in [2.05, 4.69) is 0 Å². The number of morpholine rings is 1. The molecule has 0 radical (unpaired) electrons. The van der Waals surface area contributed by atoms with Gasteiger partial charge in [-0.15, -0.1) is 0 Å². The van der Waals surface area contributed by atoms with E-state index in [1.807, 2.05) is 13.0 Å². The van der Waals surface area contributed by atoms with Crippen LogP contribution in [0, 0.1) is 0 Å². The van der Waals surface area contributed by atoms with E-state index in [-0.39, 0.29) is 5.57 Å². The highest BCUT2D eigenvalue weighted by Crippen LogP contribution is 2.39. The molecule has 0 bridgehead atoms. The zero-order valence-electron chi connectivity index (χ0n) is 19.5. The SMILES string of the molecule is CCOc1ccc(C([O-])=C2C(=O)C(=O)N(CC[NH+]3CCOCC3)C2c2cccc(OC)c2)cc1. The van der Waals surface area contributed by atoms with Gasteiger partial charge in [-0.05, 0) is 42.3 Å². The summed E-state index contributed by atoms with van der Waals surface area (Å²) in [6.07, 6.45) is 0. The Morgan fingerprint density at radius 1 is 1.12 bits per heavy atom. The summed E-state index contributed by atoms with van der Waals surface area (Å²) >= 11 is 0. The van der Waals surface area contributed by atoms with Crippen molar-refractivity contribution < 1.29 is 33.8 Å². The Bertz CT molecular complexity index is 1060. The largest absolute Gasteiger partial charge is 0.872 e. The first kappa shape index (κ1) is 23.8. The zero-order valence-corrected chi connectivity index (χ0v) is 19.5. The van der Waals surface area contributed by atoms with Gasteiger partial charge < -0.3 is 29.1 Å². The van der Waals surface area contributed by atoms with Gasteiger partial charge in [0.15, 0.2) is 0 Å². The summed E-state index contributed by atoms with van der Waals surface area (Å²) in [6.45, 7) is 6.47. The van der Waals surface area contributed by atoms with Crippen LogP contribution in [0.5, 0.6) is 11.5 Å². The Morgan fingerprint density at radius 3 is 2.53 bits per heavy atom. The fraction of sp³-hybridized carbons (Fsp3) is 0.385. The van der Waals surface area contributed by atoms with Crippen molar-refractivity contribution in [2.24, 2.45) is 0 Å². The molecule has 0 spiro atoms. The Hall–Kier alpha value is -3.36. The Balaban J connectivity index is 1.72. The van der Waals surface area contributed by atoms with Gasteiger partial charge in [-0.1, -0.05) is 30.0 Å². The molecule has 0 saturated carbocycles. The number of carbonyl (C=O) groups is 2. The Morgan fingerprint density at radius 2 is 1.85 bits per heavy atom. The number of Topliss-reactive ketones (excluding diaryl/α,β-unsaturated/α-hetero) is 1. The summed E-state index contributed by atoms with van der Waals surface area (Å²) < 4.78 is 16.2. The average Bonchev–Trinajstić information content (AvgIpc) is 3.13. The summed E-state index contributed by atoms with van der Waals surface area (Å²) in [5.41, 5.74) is 0.984. The van der Waals surface area contributed by atoms with E-state index in [1.165, 1.54) is 9.80 Å². The monoisotopic (exact) mass is 466 g/mol. The van der Waals surface area contributed by atoms with Crippen LogP contribution in [0.2, 0.25) is 0 Å². The van der Waals surface area contributed by atoms with Crippen LogP contribution < -0.4 is 19.5 Å². The van der Waals surface area contributed by atoms with Gasteiger partial charge in [0.2, 0.25) is 5.78 Å². The van der Waals surface area contributed by atoms with Gasteiger partial charge in [0.1, 0.15) is 24.6 Å². The van der Waals surface area contributed by atoms with Gasteiger partial charge in [0.05, 0.1) is 46.1 Å². The molecule has 34 heavy (non-hydrogen) atoms. The van der Waals surface area contributed by atoms with Crippen LogP contribution in [0.25, 0.3) is 5.76 Å². The molecule has 1 N–H and O–H groups in total. The summed E-state index contributed by atoms with van der Waals surface area (Å²) in [4.78, 5) is 29.1. The van der Waals surface area contributed by atoms with Crippen LogP contribution in [0.4, 0.5) is 0 Å². The zero-order chi connectivity index (χ0) is 24.1. The predicted molar refractivity (Wildman–Crippen MR) is 123 cm³/mol. The van der Waals surface area contributed by atoms with Crippen molar-refractivity contribution in [2.75, 3.05) is 53.1 Å². The van der Waals surface area contributed by atoms with Crippen molar-refractivity contribution in [3.63, 3.8) is 0 Å². The van der Waals surface area contributed by atoms with Crippen LogP contribution >= 0.6 is 0 Å². The van der Waals surface area contributed by atoms with Crippen LogP contribution in [0.3, 0.4) is 0 Å². The van der Waals surface area contributed by atoms with E-state index >= 15 is 0 Å². The number of nitrogens with one attached hydrogen (secondary N) is 1.